The fourth-order valence-corrected chi connectivity index (χ4v) is 3.39. The number of benzene rings is 1. The number of hydrogen-bond donors (Lipinski definition) is 2. The highest BCUT2D eigenvalue weighted by Gasteiger charge is 2.26. The Labute approximate surface area is 130 Å². The molecule has 3 rings (SSSR count). The summed E-state index contributed by atoms with van der Waals surface area (Å²) in [4.78, 5) is 5.74. The molecule has 21 heavy (non-hydrogen) atoms. The molecule has 4 heteroatoms. The van der Waals surface area contributed by atoms with Gasteiger partial charge >= 0.3 is 0 Å². The molecule has 0 bridgehead atoms. The maximum absolute atomic E-state index is 10.3. The van der Waals surface area contributed by atoms with E-state index in [0.717, 1.165) is 12.5 Å². The maximum Gasteiger partial charge on any atom is 0.0959 e. The molecule has 0 saturated heterocycles. The average molecular weight is 302 g/mol. The van der Waals surface area contributed by atoms with Crippen LogP contribution in [-0.4, -0.2) is 22.2 Å². The normalized spacial score (nSPS) is 17.6. The van der Waals surface area contributed by atoms with Gasteiger partial charge in [-0.2, -0.15) is 0 Å². The summed E-state index contributed by atoms with van der Waals surface area (Å²) in [5.74, 6) is 0.727. The second kappa shape index (κ2) is 6.69. The Kier molecular flexibility index (Phi) is 4.68. The Morgan fingerprint density at radius 1 is 1.33 bits per heavy atom. The Hall–Kier alpha value is -1.23. The van der Waals surface area contributed by atoms with Crippen molar-refractivity contribution in [3.05, 3.63) is 52.0 Å². The van der Waals surface area contributed by atoms with E-state index in [0.29, 0.717) is 6.42 Å². The van der Waals surface area contributed by atoms with Crippen LogP contribution < -0.4 is 5.32 Å². The molecule has 2 atom stereocenters. The monoisotopic (exact) mass is 302 g/mol. The van der Waals surface area contributed by atoms with Gasteiger partial charge in [-0.15, -0.1) is 11.3 Å². The number of nitrogens with one attached hydrogen (secondary N) is 1. The standard InChI is InChI=1S/C17H22N2OS/c1-12(16(20)9-13-5-3-2-4-6-13)18-10-15-11-19-17(21-15)14-7-8-14/h2-6,11-12,14,16,18,20H,7-10H2,1H3. The minimum atomic E-state index is -0.372. The fraction of sp³-hybridized carbons (Fsp3) is 0.471. The predicted molar refractivity (Wildman–Crippen MR) is 86.5 cm³/mol. The molecule has 3 nitrogen and oxygen atoms in total. The van der Waals surface area contributed by atoms with E-state index in [2.05, 4.69) is 22.4 Å². The summed E-state index contributed by atoms with van der Waals surface area (Å²) in [7, 11) is 0. The van der Waals surface area contributed by atoms with E-state index >= 15 is 0 Å². The highest BCUT2D eigenvalue weighted by atomic mass is 32.1. The number of hydrogen-bond acceptors (Lipinski definition) is 4. The summed E-state index contributed by atoms with van der Waals surface area (Å²) in [6, 6.07) is 10.2. The van der Waals surface area contributed by atoms with Crippen LogP contribution in [0.15, 0.2) is 36.5 Å². The Balaban J connectivity index is 1.47. The predicted octanol–water partition coefficient (Wildman–Crippen LogP) is 3.10. The zero-order chi connectivity index (χ0) is 14.7. The van der Waals surface area contributed by atoms with Crippen molar-refractivity contribution in [2.24, 2.45) is 0 Å². The molecule has 1 aromatic heterocycles. The van der Waals surface area contributed by atoms with E-state index < -0.39 is 0 Å². The SMILES string of the molecule is CC(NCc1cnc(C2CC2)s1)C(O)Cc1ccccc1. The first-order valence-electron chi connectivity index (χ1n) is 7.62. The smallest absolute Gasteiger partial charge is 0.0959 e. The van der Waals surface area contributed by atoms with Crippen molar-refractivity contribution in [2.75, 3.05) is 0 Å². The van der Waals surface area contributed by atoms with Gasteiger partial charge in [0.05, 0.1) is 11.1 Å². The Morgan fingerprint density at radius 3 is 2.81 bits per heavy atom. The first-order valence-corrected chi connectivity index (χ1v) is 8.44. The molecule has 1 heterocycles. The molecule has 0 amide bonds. The summed E-state index contributed by atoms with van der Waals surface area (Å²) >= 11 is 1.81. The van der Waals surface area contributed by atoms with E-state index in [-0.39, 0.29) is 12.1 Å². The summed E-state index contributed by atoms with van der Waals surface area (Å²) in [6.07, 6.45) is 4.88. The molecule has 2 aromatic rings. The van der Waals surface area contributed by atoms with E-state index in [1.54, 1.807) is 11.3 Å². The van der Waals surface area contributed by atoms with E-state index in [4.69, 9.17) is 0 Å². The number of thiazole rings is 1. The van der Waals surface area contributed by atoms with E-state index in [1.165, 1.54) is 28.3 Å². The zero-order valence-corrected chi connectivity index (χ0v) is 13.1. The number of aliphatic hydroxyl groups excluding tert-OH is 1. The third-order valence-corrected chi connectivity index (χ3v) is 5.12. The Morgan fingerprint density at radius 2 is 2.10 bits per heavy atom. The van der Waals surface area contributed by atoms with Crippen LogP contribution in [0.25, 0.3) is 0 Å². The summed E-state index contributed by atoms with van der Waals surface area (Å²) in [5, 5.41) is 15.0. The van der Waals surface area contributed by atoms with Gasteiger partial charge in [0.1, 0.15) is 0 Å². The number of aliphatic hydroxyl groups is 1. The first kappa shape index (κ1) is 14.7. The molecule has 0 radical (unpaired) electrons. The van der Waals surface area contributed by atoms with Crippen LogP contribution in [0.3, 0.4) is 0 Å². The largest absolute Gasteiger partial charge is 0.391 e. The lowest BCUT2D eigenvalue weighted by atomic mass is 10.0. The van der Waals surface area contributed by atoms with Crippen LogP contribution in [0.4, 0.5) is 0 Å². The lowest BCUT2D eigenvalue weighted by molar-refractivity contribution is 0.134. The number of nitrogens with zero attached hydrogens (tertiary/aromatic N) is 1. The fourth-order valence-electron chi connectivity index (χ4n) is 2.35. The molecular weight excluding hydrogens is 280 g/mol. The molecule has 1 saturated carbocycles. The van der Waals surface area contributed by atoms with Crippen LogP contribution >= 0.6 is 11.3 Å². The highest BCUT2D eigenvalue weighted by Crippen LogP contribution is 2.41. The molecule has 0 aliphatic heterocycles. The molecule has 1 aliphatic carbocycles. The van der Waals surface area contributed by atoms with E-state index in [1.807, 2.05) is 31.3 Å². The molecular formula is C17H22N2OS. The van der Waals surface area contributed by atoms with Gasteiger partial charge in [-0.05, 0) is 31.7 Å². The minimum Gasteiger partial charge on any atom is -0.391 e. The zero-order valence-electron chi connectivity index (χ0n) is 12.3. The van der Waals surface area contributed by atoms with Gasteiger partial charge in [0.2, 0.25) is 0 Å². The van der Waals surface area contributed by atoms with Crippen LogP contribution in [0.5, 0.6) is 0 Å². The molecule has 1 aromatic carbocycles. The third kappa shape index (κ3) is 4.13. The van der Waals surface area contributed by atoms with Crippen LogP contribution in [0.2, 0.25) is 0 Å². The van der Waals surface area contributed by atoms with Gasteiger partial charge in [-0.3, -0.25) is 0 Å². The molecule has 0 spiro atoms. The summed E-state index contributed by atoms with van der Waals surface area (Å²) < 4.78 is 0. The third-order valence-electron chi connectivity index (χ3n) is 3.96. The quantitative estimate of drug-likeness (QED) is 0.826. The van der Waals surface area contributed by atoms with E-state index in [9.17, 15) is 5.11 Å². The van der Waals surface area contributed by atoms with Gasteiger partial charge in [-0.25, -0.2) is 4.98 Å². The maximum atomic E-state index is 10.3. The highest BCUT2D eigenvalue weighted by molar-refractivity contribution is 7.11. The van der Waals surface area contributed by atoms with Crippen molar-refractivity contribution < 1.29 is 5.11 Å². The molecule has 2 N–H and O–H groups in total. The van der Waals surface area contributed by atoms with Crippen molar-refractivity contribution >= 4 is 11.3 Å². The van der Waals surface area contributed by atoms with Gasteiger partial charge in [0.25, 0.3) is 0 Å². The lowest BCUT2D eigenvalue weighted by Crippen LogP contribution is -2.38. The number of aromatic nitrogens is 1. The van der Waals surface area contributed by atoms with Crippen molar-refractivity contribution in [3.63, 3.8) is 0 Å². The molecule has 2 unspecified atom stereocenters. The average Bonchev–Trinajstić information content (AvgIpc) is 3.25. The van der Waals surface area contributed by atoms with Gasteiger partial charge < -0.3 is 10.4 Å². The topological polar surface area (TPSA) is 45.2 Å². The van der Waals surface area contributed by atoms with Crippen LogP contribution in [-0.2, 0) is 13.0 Å². The molecule has 1 fully saturated rings. The first-order chi connectivity index (χ1) is 10.2. The van der Waals surface area contributed by atoms with Crippen LogP contribution in [0.1, 0.15) is 41.1 Å². The van der Waals surface area contributed by atoms with Crippen molar-refractivity contribution in [3.8, 4) is 0 Å². The lowest BCUT2D eigenvalue weighted by Gasteiger charge is -2.20. The van der Waals surface area contributed by atoms with Gasteiger partial charge in [0, 0.05) is 29.6 Å². The van der Waals surface area contributed by atoms with Crippen molar-refractivity contribution in [2.45, 2.75) is 50.8 Å². The van der Waals surface area contributed by atoms with Gasteiger partial charge in [0.15, 0.2) is 0 Å². The summed E-state index contributed by atoms with van der Waals surface area (Å²) in [5.41, 5.74) is 1.17. The second-order valence-corrected chi connectivity index (χ2v) is 7.01. The summed E-state index contributed by atoms with van der Waals surface area (Å²) in [6.45, 7) is 2.83. The minimum absolute atomic E-state index is 0.0664. The second-order valence-electron chi connectivity index (χ2n) is 5.87. The van der Waals surface area contributed by atoms with Gasteiger partial charge in [-0.1, -0.05) is 30.3 Å². The van der Waals surface area contributed by atoms with Crippen molar-refractivity contribution in [1.82, 2.24) is 10.3 Å². The van der Waals surface area contributed by atoms with Crippen molar-refractivity contribution in [1.29, 1.82) is 0 Å². The number of rotatable bonds is 7. The van der Waals surface area contributed by atoms with Crippen LogP contribution in [0, 0.1) is 0 Å². The molecule has 112 valence electrons. The molecule has 1 aliphatic rings. The Bertz CT molecular complexity index is 565.